The number of carbonyl (C=O) groups is 6. The van der Waals surface area contributed by atoms with Crippen LogP contribution in [0.3, 0.4) is 0 Å². The van der Waals surface area contributed by atoms with E-state index in [-0.39, 0.29) is 123 Å². The molecule has 0 aliphatic rings. The number of nitrogens with zero attached hydrogens (tertiary/aromatic N) is 6. The first-order valence-electron chi connectivity index (χ1n) is 41.7. The maximum atomic E-state index is 13.3. The number of ether oxygens (including phenoxy) is 2. The number of para-hydroxylation sites is 2. The molecule has 0 saturated heterocycles. The zero-order valence-corrected chi connectivity index (χ0v) is 73.5. The van der Waals surface area contributed by atoms with Crippen molar-refractivity contribution in [3.63, 3.8) is 0 Å². The van der Waals surface area contributed by atoms with E-state index in [9.17, 15) is 87.5 Å². The molecule has 0 bridgehead atoms. The number of pyridine rings is 4. The van der Waals surface area contributed by atoms with E-state index >= 15 is 0 Å². The van der Waals surface area contributed by atoms with Crippen molar-refractivity contribution in [2.75, 3.05) is 19.4 Å². The Kier molecular flexibility index (Phi) is 33.0. The van der Waals surface area contributed by atoms with Crippen LogP contribution >= 0.6 is 0 Å². The average molecular weight is 1910 g/mol. The number of sulfone groups is 1. The van der Waals surface area contributed by atoms with E-state index in [1.807, 2.05) is 54.6 Å². The van der Waals surface area contributed by atoms with Crippen molar-refractivity contribution in [1.29, 1.82) is 0 Å². The number of primary amides is 1. The van der Waals surface area contributed by atoms with Crippen LogP contribution in [-0.4, -0.2) is 122 Å². The summed E-state index contributed by atoms with van der Waals surface area (Å²) in [5.41, 5.74) is 12.3. The fourth-order valence-corrected chi connectivity index (χ4v) is 15.4. The summed E-state index contributed by atoms with van der Waals surface area (Å²) >= 11 is 0. The standard InChI is InChI=1S/C28H23F6N3O3.C22H18N2O3.C18H16N2O4.C17H15N3O6S.C13H13N3O4/c29-27(30,31)22-5-1-3-18(13-22)16-36(17-19-4-2-6-23(14-19)28(32,33)34)11-12-37-10-9-20-7-8-21(25(38)35-40)15-24(20)26(37)39;25-21(23-27)18-9-8-17-11-13-24(22(26)20(17)14-18)12-10-16-6-3-5-15-4-1-2-7-19(15)16;21-17(19-23)14-7-6-13-8-9-20(18(22)16(13)12-14)10-11-24-15-4-2-1-3-5-15;1-27(24,25)14-5-3-2-4-13(14)26-9-15-18-12-8-10(16(21)20-23)6-7-11(12)17(22)19-15;14-11(17)4-6-16-5-3-8-1-2-9(12(18)15-20)7-10(8)13(16)19/h1-10,13-15,40H,11-12,16-17H2,(H,35,38);1-9,11,13-14,27H,10,12H2,(H,23,25);1-9,12,23H,10-11H2,(H,19,21);2-8,23H,9H2,1H3,(H,20,21)(H,18,19,22);1-3,5,7,20H,4,6H2,(H2,14,17)(H,15,18). The number of H-pyrrole nitrogens is 1. The monoisotopic (exact) mass is 1910 g/mol. The summed E-state index contributed by atoms with van der Waals surface area (Å²) in [5, 5.41) is 50.4. The highest BCUT2D eigenvalue weighted by Gasteiger charge is 2.32. The first kappa shape index (κ1) is 100. The Balaban J connectivity index is 0.000000158. The van der Waals surface area contributed by atoms with Crippen molar-refractivity contribution in [3.8, 4) is 11.5 Å². The lowest BCUT2D eigenvalue weighted by atomic mass is 10.0. The molecule has 0 radical (unpaired) electrons. The fraction of sp³-hybridized carbons (Fsp3) is 0.143. The van der Waals surface area contributed by atoms with Crippen molar-refractivity contribution in [3.05, 3.63) is 399 Å². The van der Waals surface area contributed by atoms with Gasteiger partial charge in [-0.2, -0.15) is 26.3 Å². The molecule has 5 heterocycles. The first-order chi connectivity index (χ1) is 66.0. The number of hydrogen-bond donors (Lipinski definition) is 12. The molecule has 13 N–H and O–H groups in total. The zero-order chi connectivity index (χ0) is 99.1. The second-order valence-electron chi connectivity index (χ2n) is 30.8. The normalized spacial score (nSPS) is 11.3. The lowest BCUT2D eigenvalue weighted by Gasteiger charge is -2.24. The molecule has 0 fully saturated rings. The van der Waals surface area contributed by atoms with Gasteiger partial charge in [-0.1, -0.05) is 133 Å². The molecule has 33 nitrogen and oxygen atoms in total. The Morgan fingerprint density at radius 2 is 0.819 bits per heavy atom. The van der Waals surface area contributed by atoms with Gasteiger partial charge in [-0.3, -0.25) is 83.7 Å². The number of carbonyl (C=O) groups excluding carboxylic acids is 6. The van der Waals surface area contributed by atoms with Crippen LogP contribution in [-0.2, 0) is 79.3 Å². The Bertz CT molecular complexity index is 7650. The van der Waals surface area contributed by atoms with Crippen molar-refractivity contribution >= 4 is 110 Å². The number of nitrogens with two attached hydrogens (primary N) is 1. The van der Waals surface area contributed by atoms with Gasteiger partial charge in [0.1, 0.15) is 35.4 Å². The lowest BCUT2D eigenvalue weighted by Crippen LogP contribution is -2.30. The van der Waals surface area contributed by atoms with E-state index in [0.29, 0.717) is 57.8 Å². The van der Waals surface area contributed by atoms with Gasteiger partial charge in [0.2, 0.25) is 5.91 Å². The summed E-state index contributed by atoms with van der Waals surface area (Å²) in [7, 11) is -3.48. The van der Waals surface area contributed by atoms with E-state index in [1.54, 1.807) is 106 Å². The van der Waals surface area contributed by atoms with E-state index in [1.165, 1.54) is 144 Å². The van der Waals surface area contributed by atoms with Crippen LogP contribution < -0.4 is 70.4 Å². The number of halogens is 6. The summed E-state index contributed by atoms with van der Waals surface area (Å²) < 4.78 is 120. The molecule has 0 atom stereocenters. The second-order valence-corrected chi connectivity index (χ2v) is 32.8. The predicted molar refractivity (Wildman–Crippen MR) is 496 cm³/mol. The second kappa shape index (κ2) is 45.4. The van der Waals surface area contributed by atoms with Crippen LogP contribution in [0.1, 0.15) is 91.9 Å². The number of aromatic amines is 1. The number of aryl methyl sites for hydroxylation is 3. The Hall–Kier alpha value is -16.6. The Morgan fingerprint density at radius 3 is 1.28 bits per heavy atom. The zero-order valence-electron chi connectivity index (χ0n) is 72.7. The number of nitrogens with one attached hydrogen (secondary N) is 6. The molecule has 16 aromatic rings. The summed E-state index contributed by atoms with van der Waals surface area (Å²) in [6.07, 6.45) is -0.710. The first-order valence-corrected chi connectivity index (χ1v) is 43.6. The number of alkyl halides is 6. The average Bonchev–Trinajstić information content (AvgIpc) is 0.808. The smallest absolute Gasteiger partial charge is 0.416 e. The highest BCUT2D eigenvalue weighted by atomic mass is 32.2. The molecular weight excluding hydrogens is 1830 g/mol. The largest absolute Gasteiger partial charge is 0.492 e. The molecule has 0 aliphatic heterocycles. The van der Waals surface area contributed by atoms with E-state index in [2.05, 4.69) is 34.2 Å². The van der Waals surface area contributed by atoms with E-state index in [4.69, 9.17) is 41.2 Å². The fourth-order valence-electron chi connectivity index (χ4n) is 14.6. The highest BCUT2D eigenvalue weighted by molar-refractivity contribution is 7.90. The number of aromatic nitrogens is 6. The topological polar surface area (TPSA) is 479 Å². The maximum Gasteiger partial charge on any atom is 0.416 e. The number of fused-ring (bicyclic) bond motifs is 6. The van der Waals surface area contributed by atoms with Gasteiger partial charge in [0, 0.05) is 126 Å². The molecule has 0 saturated carbocycles. The molecule has 40 heteroatoms. The quantitative estimate of drug-likeness (QED) is 0.0136. The third-order valence-corrected chi connectivity index (χ3v) is 22.7. The molecule has 6 amide bonds. The van der Waals surface area contributed by atoms with Crippen LogP contribution in [0.2, 0.25) is 0 Å². The minimum absolute atomic E-state index is 0.0232. The molecule has 11 aromatic carbocycles. The van der Waals surface area contributed by atoms with Gasteiger partial charge in [-0.15, -0.1) is 0 Å². The van der Waals surface area contributed by atoms with Gasteiger partial charge in [0.25, 0.3) is 57.3 Å². The van der Waals surface area contributed by atoms with E-state index in [0.717, 1.165) is 53.5 Å². The highest BCUT2D eigenvalue weighted by Crippen LogP contribution is 2.33. The van der Waals surface area contributed by atoms with Crippen LogP contribution in [0, 0.1) is 0 Å². The number of amides is 6. The van der Waals surface area contributed by atoms with Crippen LogP contribution in [0.15, 0.2) is 315 Å². The van der Waals surface area contributed by atoms with Gasteiger partial charge in [-0.25, -0.2) is 40.8 Å². The van der Waals surface area contributed by atoms with Crippen molar-refractivity contribution < 1.29 is 99.0 Å². The molecule has 16 rings (SSSR count). The van der Waals surface area contributed by atoms with E-state index < -0.39 is 79.9 Å². The number of hydroxylamine groups is 5. The number of hydrogen-bond acceptors (Lipinski definition) is 22. The van der Waals surface area contributed by atoms with Gasteiger partial charge in [0.05, 0.1) is 28.6 Å². The minimum Gasteiger partial charge on any atom is -0.492 e. The molecule has 0 unspecified atom stereocenters. The third-order valence-electron chi connectivity index (χ3n) is 21.5. The SMILES string of the molecule is CS(=O)(=O)c1ccccc1OCc1nc2cc(C(=O)NO)ccc2c(=O)[nH]1.NC(=O)CCn1ccc2ccc(C(=O)NO)cc2c1=O.O=C(NO)c1ccc2ccn(CCN(Cc3cccc(C(F)(F)F)c3)Cc3cccc(C(F)(F)F)c3)c(=O)c2c1.O=C(NO)c1ccc2ccn(CCOc3ccccc3)c(=O)c2c1.O=C(NO)c1ccc2ccn(CCc3cccc4ccccc34)c(=O)c2c1. The lowest BCUT2D eigenvalue weighted by molar-refractivity contribution is -0.138. The predicted octanol–water partition coefficient (Wildman–Crippen LogP) is 12.6. The summed E-state index contributed by atoms with van der Waals surface area (Å²) in [5.74, 6) is -2.99. The summed E-state index contributed by atoms with van der Waals surface area (Å²) in [6, 6.07) is 68.6. The van der Waals surface area contributed by atoms with Gasteiger partial charge in [0.15, 0.2) is 9.84 Å². The van der Waals surface area contributed by atoms with Crippen molar-refractivity contribution in [2.45, 2.75) is 76.0 Å². The molecule has 0 aliphatic carbocycles. The maximum absolute atomic E-state index is 13.3. The van der Waals surface area contributed by atoms with Gasteiger partial charge >= 0.3 is 12.4 Å². The number of benzene rings is 11. The third kappa shape index (κ3) is 25.8. The number of rotatable bonds is 26. The minimum atomic E-state index is -4.56. The summed E-state index contributed by atoms with van der Waals surface area (Å²) in [6.45, 7) is 1.39. The van der Waals surface area contributed by atoms with Crippen LogP contribution in [0.4, 0.5) is 26.3 Å². The van der Waals surface area contributed by atoms with Gasteiger partial charge < -0.3 is 38.5 Å². The molecule has 5 aromatic heterocycles. The Morgan fingerprint density at radius 1 is 0.420 bits per heavy atom. The molecule has 710 valence electrons. The Labute approximate surface area is 777 Å². The van der Waals surface area contributed by atoms with Gasteiger partial charge in [-0.05, 0) is 183 Å². The van der Waals surface area contributed by atoms with Crippen molar-refractivity contribution in [2.24, 2.45) is 5.73 Å². The summed E-state index contributed by atoms with van der Waals surface area (Å²) in [4.78, 5) is 140. The molecule has 0 spiro atoms. The molecule has 138 heavy (non-hydrogen) atoms. The van der Waals surface area contributed by atoms with Crippen LogP contribution in [0.5, 0.6) is 11.5 Å². The van der Waals surface area contributed by atoms with Crippen LogP contribution in [0.25, 0.3) is 64.8 Å². The van der Waals surface area contributed by atoms with Crippen molar-refractivity contribution in [1.82, 2.24) is 60.5 Å². The molecular formula is C98H85F6N13O20S.